The molecule has 0 saturated carbocycles. The summed E-state index contributed by atoms with van der Waals surface area (Å²) < 4.78 is 7.45. The SMILES string of the molecule is COc1ccc(-c2n[nH]c(=S)n2CCC(=O)Nc2cccc(Cl)c2C)cc1. The molecule has 1 heterocycles. The predicted octanol–water partition coefficient (Wildman–Crippen LogP) is 4.61. The third-order valence-corrected chi connectivity index (χ3v) is 4.93. The molecule has 3 rings (SSSR count). The Balaban J connectivity index is 1.72. The second kappa shape index (κ2) is 8.37. The topological polar surface area (TPSA) is 71.9 Å². The largest absolute Gasteiger partial charge is 0.497 e. The van der Waals surface area contributed by atoms with Crippen LogP contribution in [0.1, 0.15) is 12.0 Å². The lowest BCUT2D eigenvalue weighted by Gasteiger charge is -2.11. The molecule has 27 heavy (non-hydrogen) atoms. The first-order valence-corrected chi connectivity index (χ1v) is 9.13. The molecule has 0 aliphatic carbocycles. The highest BCUT2D eigenvalue weighted by Crippen LogP contribution is 2.24. The van der Waals surface area contributed by atoms with Gasteiger partial charge in [0.15, 0.2) is 10.6 Å². The molecule has 0 atom stereocenters. The molecule has 1 aromatic heterocycles. The van der Waals surface area contributed by atoms with Crippen LogP contribution in [0.4, 0.5) is 5.69 Å². The highest BCUT2D eigenvalue weighted by atomic mass is 35.5. The molecule has 2 N–H and O–H groups in total. The maximum absolute atomic E-state index is 12.4. The summed E-state index contributed by atoms with van der Waals surface area (Å²) in [4.78, 5) is 12.4. The van der Waals surface area contributed by atoms with Crippen LogP contribution in [0.2, 0.25) is 5.02 Å². The van der Waals surface area contributed by atoms with Gasteiger partial charge in [0.2, 0.25) is 5.91 Å². The zero-order valence-corrected chi connectivity index (χ0v) is 16.5. The molecule has 0 unspecified atom stereocenters. The predicted molar refractivity (Wildman–Crippen MR) is 109 cm³/mol. The first kappa shape index (κ1) is 19.1. The number of carbonyl (C=O) groups excluding carboxylic acids is 1. The van der Waals surface area contributed by atoms with Gasteiger partial charge in [-0.2, -0.15) is 5.10 Å². The fourth-order valence-corrected chi connectivity index (χ4v) is 3.05. The third-order valence-electron chi connectivity index (χ3n) is 4.21. The minimum Gasteiger partial charge on any atom is -0.497 e. The molecule has 6 nitrogen and oxygen atoms in total. The summed E-state index contributed by atoms with van der Waals surface area (Å²) in [6, 6.07) is 12.9. The van der Waals surface area contributed by atoms with Crippen molar-refractivity contribution < 1.29 is 9.53 Å². The van der Waals surface area contributed by atoms with Gasteiger partial charge in [-0.3, -0.25) is 14.5 Å². The molecule has 2 aromatic carbocycles. The highest BCUT2D eigenvalue weighted by molar-refractivity contribution is 7.71. The average molecular weight is 403 g/mol. The van der Waals surface area contributed by atoms with Gasteiger partial charge in [-0.15, -0.1) is 0 Å². The maximum Gasteiger partial charge on any atom is 0.226 e. The second-order valence-electron chi connectivity index (χ2n) is 5.94. The van der Waals surface area contributed by atoms with Crippen LogP contribution in [0.25, 0.3) is 11.4 Å². The number of nitrogens with zero attached hydrogens (tertiary/aromatic N) is 2. The van der Waals surface area contributed by atoms with Crippen molar-refractivity contribution in [1.29, 1.82) is 0 Å². The Morgan fingerprint density at radius 1 is 1.30 bits per heavy atom. The number of aromatic nitrogens is 3. The van der Waals surface area contributed by atoms with Crippen LogP contribution in [0.15, 0.2) is 42.5 Å². The van der Waals surface area contributed by atoms with E-state index in [0.717, 1.165) is 16.9 Å². The molecule has 0 aliphatic heterocycles. The van der Waals surface area contributed by atoms with Crippen molar-refractivity contribution in [3.63, 3.8) is 0 Å². The lowest BCUT2D eigenvalue weighted by molar-refractivity contribution is -0.116. The van der Waals surface area contributed by atoms with Crippen LogP contribution < -0.4 is 10.1 Å². The minimum atomic E-state index is -0.121. The van der Waals surface area contributed by atoms with Crippen molar-refractivity contribution in [2.75, 3.05) is 12.4 Å². The average Bonchev–Trinajstić information content (AvgIpc) is 3.04. The summed E-state index contributed by atoms with van der Waals surface area (Å²) >= 11 is 11.4. The van der Waals surface area contributed by atoms with Gasteiger partial charge in [-0.25, -0.2) is 0 Å². The van der Waals surface area contributed by atoms with E-state index >= 15 is 0 Å². The van der Waals surface area contributed by atoms with Crippen molar-refractivity contribution in [2.24, 2.45) is 0 Å². The van der Waals surface area contributed by atoms with Gasteiger partial charge in [0.1, 0.15) is 5.75 Å². The van der Waals surface area contributed by atoms with E-state index in [2.05, 4.69) is 15.5 Å². The van der Waals surface area contributed by atoms with Crippen LogP contribution in [-0.2, 0) is 11.3 Å². The smallest absolute Gasteiger partial charge is 0.226 e. The van der Waals surface area contributed by atoms with Crippen molar-refractivity contribution in [1.82, 2.24) is 14.8 Å². The fourth-order valence-electron chi connectivity index (χ4n) is 2.65. The number of benzene rings is 2. The van der Waals surface area contributed by atoms with Crippen molar-refractivity contribution in [2.45, 2.75) is 19.9 Å². The second-order valence-corrected chi connectivity index (χ2v) is 6.74. The van der Waals surface area contributed by atoms with E-state index in [0.29, 0.717) is 27.9 Å². The Kier molecular flexibility index (Phi) is 5.93. The summed E-state index contributed by atoms with van der Waals surface area (Å²) in [7, 11) is 1.62. The number of rotatable bonds is 6. The van der Waals surface area contributed by atoms with Crippen molar-refractivity contribution >= 4 is 35.4 Å². The summed E-state index contributed by atoms with van der Waals surface area (Å²) in [6.45, 7) is 2.27. The number of anilines is 1. The van der Waals surface area contributed by atoms with Gasteiger partial charge >= 0.3 is 0 Å². The van der Waals surface area contributed by atoms with Gasteiger partial charge in [0.05, 0.1) is 7.11 Å². The standard InChI is InChI=1S/C19H19ClN4O2S/c1-12-15(20)4-3-5-16(12)21-17(25)10-11-24-18(22-23-19(24)27)13-6-8-14(26-2)9-7-13/h3-9H,10-11H2,1-2H3,(H,21,25)(H,23,27). The van der Waals surface area contributed by atoms with E-state index in [1.165, 1.54) is 0 Å². The Bertz CT molecular complexity index is 1010. The number of carbonyl (C=O) groups is 1. The monoisotopic (exact) mass is 402 g/mol. The van der Waals surface area contributed by atoms with Gasteiger partial charge < -0.3 is 10.1 Å². The number of ether oxygens (including phenoxy) is 1. The van der Waals surface area contributed by atoms with E-state index in [1.54, 1.807) is 19.2 Å². The molecule has 0 spiro atoms. The minimum absolute atomic E-state index is 0.121. The molecule has 8 heteroatoms. The first-order valence-electron chi connectivity index (χ1n) is 8.34. The van der Waals surface area contributed by atoms with Crippen LogP contribution in [0.3, 0.4) is 0 Å². The Morgan fingerprint density at radius 3 is 2.74 bits per heavy atom. The molecule has 0 bridgehead atoms. The number of halogens is 1. The first-order chi connectivity index (χ1) is 13.0. The lowest BCUT2D eigenvalue weighted by atomic mass is 10.2. The van der Waals surface area contributed by atoms with Gasteiger partial charge in [0, 0.05) is 29.2 Å². The number of aromatic amines is 1. The summed E-state index contributed by atoms with van der Waals surface area (Å²) in [5.41, 5.74) is 2.43. The fraction of sp³-hybridized carbons (Fsp3) is 0.211. The molecule has 140 valence electrons. The van der Waals surface area contributed by atoms with Crippen LogP contribution in [-0.4, -0.2) is 27.8 Å². The quantitative estimate of drug-likeness (QED) is 0.591. The van der Waals surface area contributed by atoms with Gasteiger partial charge in [0.25, 0.3) is 0 Å². The molecule has 1 amide bonds. The van der Waals surface area contributed by atoms with Crippen LogP contribution in [0, 0.1) is 11.7 Å². The van der Waals surface area contributed by atoms with E-state index in [4.69, 9.17) is 28.6 Å². The number of methoxy groups -OCH3 is 1. The van der Waals surface area contributed by atoms with E-state index in [-0.39, 0.29) is 12.3 Å². The Morgan fingerprint density at radius 2 is 2.04 bits per heavy atom. The van der Waals surface area contributed by atoms with Crippen LogP contribution >= 0.6 is 23.8 Å². The van der Waals surface area contributed by atoms with Crippen LogP contribution in [0.5, 0.6) is 5.75 Å². The molecule has 0 radical (unpaired) electrons. The molecule has 0 saturated heterocycles. The van der Waals surface area contributed by atoms with Gasteiger partial charge in [-0.05, 0) is 61.1 Å². The zero-order valence-electron chi connectivity index (χ0n) is 15.0. The van der Waals surface area contributed by atoms with E-state index < -0.39 is 0 Å². The number of nitrogens with one attached hydrogen (secondary N) is 2. The van der Waals surface area contributed by atoms with E-state index in [1.807, 2.05) is 41.8 Å². The Labute approximate surface area is 167 Å². The lowest BCUT2D eigenvalue weighted by Crippen LogP contribution is -2.15. The zero-order chi connectivity index (χ0) is 19.4. The highest BCUT2D eigenvalue weighted by Gasteiger charge is 2.12. The molecule has 0 aliphatic rings. The molecular weight excluding hydrogens is 384 g/mol. The molecule has 3 aromatic rings. The maximum atomic E-state index is 12.4. The molecular formula is C19H19ClN4O2S. The summed E-state index contributed by atoms with van der Waals surface area (Å²) in [5.74, 6) is 1.31. The normalized spacial score (nSPS) is 10.6. The number of amides is 1. The number of hydrogen-bond acceptors (Lipinski definition) is 4. The van der Waals surface area contributed by atoms with E-state index in [9.17, 15) is 4.79 Å². The summed E-state index contributed by atoms with van der Waals surface area (Å²) in [5, 5.41) is 10.6. The third kappa shape index (κ3) is 4.37. The summed E-state index contributed by atoms with van der Waals surface area (Å²) in [6.07, 6.45) is 0.253. The molecule has 0 fully saturated rings. The Hall–Kier alpha value is -2.64. The van der Waals surface area contributed by atoms with Crippen molar-refractivity contribution in [3.05, 3.63) is 57.8 Å². The number of hydrogen-bond donors (Lipinski definition) is 2. The van der Waals surface area contributed by atoms with Gasteiger partial charge in [-0.1, -0.05) is 17.7 Å². The number of H-pyrrole nitrogens is 1. The van der Waals surface area contributed by atoms with Crippen molar-refractivity contribution in [3.8, 4) is 17.1 Å².